The van der Waals surface area contributed by atoms with E-state index < -0.39 is 35.9 Å². The Kier molecular flexibility index (Phi) is 9.01. The molecular formula is C28H31N3O4. The lowest BCUT2D eigenvalue weighted by atomic mass is 9.84. The van der Waals surface area contributed by atoms with Gasteiger partial charge in [0.1, 0.15) is 18.7 Å². The number of hydrogen-bond acceptors (Lipinski definition) is 4. The van der Waals surface area contributed by atoms with Gasteiger partial charge in [0.25, 0.3) is 0 Å². The van der Waals surface area contributed by atoms with Crippen LogP contribution in [0.4, 0.5) is 4.79 Å². The SMILES string of the molecule is CC(C)[C@@H](NC(=O)OCc1ccccc1)C(=O)N[C@H](C(N)=O)C(c1ccccc1)c1ccccc1. The highest BCUT2D eigenvalue weighted by Crippen LogP contribution is 2.28. The Morgan fingerprint density at radius 1 is 0.743 bits per heavy atom. The number of hydrogen-bond donors (Lipinski definition) is 3. The van der Waals surface area contributed by atoms with Gasteiger partial charge in [-0.2, -0.15) is 0 Å². The van der Waals surface area contributed by atoms with Crippen molar-refractivity contribution in [2.24, 2.45) is 11.7 Å². The van der Waals surface area contributed by atoms with Gasteiger partial charge < -0.3 is 21.1 Å². The summed E-state index contributed by atoms with van der Waals surface area (Å²) in [4.78, 5) is 38.3. The molecule has 35 heavy (non-hydrogen) atoms. The Labute approximate surface area is 205 Å². The summed E-state index contributed by atoms with van der Waals surface area (Å²) in [7, 11) is 0. The van der Waals surface area contributed by atoms with E-state index in [1.807, 2.05) is 91.0 Å². The van der Waals surface area contributed by atoms with Crippen LogP contribution in [-0.2, 0) is 20.9 Å². The molecule has 3 aromatic rings. The molecule has 0 bridgehead atoms. The van der Waals surface area contributed by atoms with E-state index >= 15 is 0 Å². The fraction of sp³-hybridized carbons (Fsp3) is 0.250. The average Bonchev–Trinajstić information content (AvgIpc) is 2.87. The van der Waals surface area contributed by atoms with Gasteiger partial charge in [0, 0.05) is 5.92 Å². The molecule has 3 amide bonds. The summed E-state index contributed by atoms with van der Waals surface area (Å²) in [6.45, 7) is 3.67. The van der Waals surface area contributed by atoms with Gasteiger partial charge in [-0.3, -0.25) is 9.59 Å². The smallest absolute Gasteiger partial charge is 0.408 e. The lowest BCUT2D eigenvalue weighted by Crippen LogP contribution is -2.56. The van der Waals surface area contributed by atoms with Crippen molar-refractivity contribution in [3.63, 3.8) is 0 Å². The highest BCUT2D eigenvalue weighted by Gasteiger charge is 2.34. The zero-order valence-electron chi connectivity index (χ0n) is 19.9. The minimum atomic E-state index is -1.03. The molecule has 0 aliphatic rings. The van der Waals surface area contributed by atoms with Gasteiger partial charge in [-0.15, -0.1) is 0 Å². The highest BCUT2D eigenvalue weighted by atomic mass is 16.5. The van der Waals surface area contributed by atoms with Gasteiger partial charge in [-0.25, -0.2) is 4.79 Å². The molecule has 0 unspecified atom stereocenters. The van der Waals surface area contributed by atoms with Crippen LogP contribution in [0, 0.1) is 5.92 Å². The van der Waals surface area contributed by atoms with Gasteiger partial charge in [-0.05, 0) is 22.6 Å². The molecule has 7 heteroatoms. The number of primary amides is 1. The highest BCUT2D eigenvalue weighted by molar-refractivity contribution is 5.91. The van der Waals surface area contributed by atoms with Gasteiger partial charge in [0.05, 0.1) is 0 Å². The summed E-state index contributed by atoms with van der Waals surface area (Å²) < 4.78 is 5.28. The fourth-order valence-electron chi connectivity index (χ4n) is 3.89. The van der Waals surface area contributed by atoms with E-state index in [2.05, 4.69) is 10.6 Å². The first-order chi connectivity index (χ1) is 16.9. The fourth-order valence-corrected chi connectivity index (χ4v) is 3.89. The number of benzene rings is 3. The lowest BCUT2D eigenvalue weighted by Gasteiger charge is -2.29. The molecule has 0 aliphatic carbocycles. The van der Waals surface area contributed by atoms with Crippen LogP contribution < -0.4 is 16.4 Å². The Balaban J connectivity index is 1.78. The molecule has 0 heterocycles. The molecule has 3 aromatic carbocycles. The van der Waals surface area contributed by atoms with Crippen LogP contribution in [0.15, 0.2) is 91.0 Å². The number of alkyl carbamates (subject to hydrolysis) is 1. The minimum absolute atomic E-state index is 0.0765. The minimum Gasteiger partial charge on any atom is -0.445 e. The van der Waals surface area contributed by atoms with Crippen molar-refractivity contribution >= 4 is 17.9 Å². The molecule has 2 atom stereocenters. The molecular weight excluding hydrogens is 442 g/mol. The second kappa shape index (κ2) is 12.4. The summed E-state index contributed by atoms with van der Waals surface area (Å²) in [5, 5.41) is 5.41. The van der Waals surface area contributed by atoms with Crippen LogP contribution in [0.5, 0.6) is 0 Å². The van der Waals surface area contributed by atoms with Crippen molar-refractivity contribution in [2.45, 2.75) is 38.5 Å². The molecule has 0 aliphatic heterocycles. The summed E-state index contributed by atoms with van der Waals surface area (Å²) in [5.74, 6) is -1.96. The molecule has 182 valence electrons. The first-order valence-corrected chi connectivity index (χ1v) is 11.5. The average molecular weight is 474 g/mol. The predicted molar refractivity (Wildman–Crippen MR) is 134 cm³/mol. The van der Waals surface area contributed by atoms with Crippen LogP contribution in [-0.4, -0.2) is 30.0 Å². The topological polar surface area (TPSA) is 111 Å². The third-order valence-corrected chi connectivity index (χ3v) is 5.69. The molecule has 7 nitrogen and oxygen atoms in total. The van der Waals surface area contributed by atoms with Crippen LogP contribution in [0.25, 0.3) is 0 Å². The molecule has 4 N–H and O–H groups in total. The number of ether oxygens (including phenoxy) is 1. The molecule has 0 radical (unpaired) electrons. The Morgan fingerprint density at radius 2 is 1.23 bits per heavy atom. The van der Waals surface area contributed by atoms with E-state index in [0.29, 0.717) is 0 Å². The maximum atomic E-state index is 13.3. The van der Waals surface area contributed by atoms with Crippen LogP contribution >= 0.6 is 0 Å². The molecule has 3 rings (SSSR count). The number of amides is 3. The quantitative estimate of drug-likeness (QED) is 0.417. The number of nitrogens with two attached hydrogens (primary N) is 1. The van der Waals surface area contributed by atoms with Crippen molar-refractivity contribution in [1.29, 1.82) is 0 Å². The van der Waals surface area contributed by atoms with E-state index in [0.717, 1.165) is 16.7 Å². The zero-order chi connectivity index (χ0) is 25.2. The van der Waals surface area contributed by atoms with E-state index in [1.165, 1.54) is 0 Å². The summed E-state index contributed by atoms with van der Waals surface area (Å²) in [5.41, 5.74) is 8.28. The Hall–Kier alpha value is -4.13. The molecule has 0 saturated carbocycles. The molecule has 0 spiro atoms. The summed E-state index contributed by atoms with van der Waals surface area (Å²) in [6, 6.07) is 26.1. The Morgan fingerprint density at radius 3 is 1.69 bits per heavy atom. The van der Waals surface area contributed by atoms with Crippen LogP contribution in [0.3, 0.4) is 0 Å². The van der Waals surface area contributed by atoms with Crippen LogP contribution in [0.2, 0.25) is 0 Å². The van der Waals surface area contributed by atoms with E-state index in [1.54, 1.807) is 13.8 Å². The molecule has 0 fully saturated rings. The number of nitrogens with one attached hydrogen (secondary N) is 2. The van der Waals surface area contributed by atoms with E-state index in [-0.39, 0.29) is 12.5 Å². The van der Waals surface area contributed by atoms with Crippen molar-refractivity contribution in [3.05, 3.63) is 108 Å². The number of carbonyl (C=O) groups excluding carboxylic acids is 3. The number of rotatable bonds is 10. The first kappa shape index (κ1) is 25.5. The largest absolute Gasteiger partial charge is 0.445 e. The van der Waals surface area contributed by atoms with Crippen molar-refractivity contribution < 1.29 is 19.1 Å². The Bertz CT molecular complexity index is 1070. The number of carbonyl (C=O) groups is 3. The van der Waals surface area contributed by atoms with Crippen LogP contribution in [0.1, 0.15) is 36.5 Å². The van der Waals surface area contributed by atoms with Gasteiger partial charge in [0.15, 0.2) is 0 Å². The second-order valence-corrected chi connectivity index (χ2v) is 8.62. The summed E-state index contributed by atoms with van der Waals surface area (Å²) in [6.07, 6.45) is -0.721. The lowest BCUT2D eigenvalue weighted by molar-refractivity contribution is -0.129. The predicted octanol–water partition coefficient (Wildman–Crippen LogP) is 3.74. The van der Waals surface area contributed by atoms with Crippen molar-refractivity contribution in [1.82, 2.24) is 10.6 Å². The van der Waals surface area contributed by atoms with Gasteiger partial charge in [-0.1, -0.05) is 105 Å². The first-order valence-electron chi connectivity index (χ1n) is 11.5. The van der Waals surface area contributed by atoms with Crippen molar-refractivity contribution in [2.75, 3.05) is 0 Å². The van der Waals surface area contributed by atoms with E-state index in [4.69, 9.17) is 10.5 Å². The van der Waals surface area contributed by atoms with E-state index in [9.17, 15) is 14.4 Å². The zero-order valence-corrected chi connectivity index (χ0v) is 19.9. The standard InChI is InChI=1S/C28H31N3O4/c1-19(2)24(31-28(34)35-18-20-12-6-3-7-13-20)27(33)30-25(26(29)32)23(21-14-8-4-9-15-21)22-16-10-5-11-17-22/h3-17,19,23-25H,18H2,1-2H3,(H2,29,32)(H,30,33)(H,31,34)/t24-,25+/m1/s1. The maximum absolute atomic E-state index is 13.3. The van der Waals surface area contributed by atoms with Crippen molar-refractivity contribution in [3.8, 4) is 0 Å². The maximum Gasteiger partial charge on any atom is 0.408 e. The third kappa shape index (κ3) is 7.17. The molecule has 0 saturated heterocycles. The third-order valence-electron chi connectivity index (χ3n) is 5.69. The normalized spacial score (nSPS) is 12.6. The van der Waals surface area contributed by atoms with Gasteiger partial charge in [0.2, 0.25) is 11.8 Å². The summed E-state index contributed by atoms with van der Waals surface area (Å²) >= 11 is 0. The molecule has 0 aromatic heterocycles. The van der Waals surface area contributed by atoms with Gasteiger partial charge >= 0.3 is 6.09 Å². The monoisotopic (exact) mass is 473 g/mol. The second-order valence-electron chi connectivity index (χ2n) is 8.62.